The van der Waals surface area contributed by atoms with Gasteiger partial charge in [0.05, 0.1) is 18.6 Å². The summed E-state index contributed by atoms with van der Waals surface area (Å²) in [6.07, 6.45) is -3.43. The van der Waals surface area contributed by atoms with Gasteiger partial charge in [-0.05, 0) is 19.8 Å². The number of primary amides is 3. The summed E-state index contributed by atoms with van der Waals surface area (Å²) in [6, 6.07) is -6.09. The fourth-order valence-electron chi connectivity index (χ4n) is 2.61. The number of nitrogens with one attached hydrogen (secondary N) is 3. The molecule has 0 heterocycles. The van der Waals surface area contributed by atoms with Crippen molar-refractivity contribution in [2.75, 3.05) is 0 Å². The highest BCUT2D eigenvalue weighted by molar-refractivity contribution is 5.95. The highest BCUT2D eigenvalue weighted by atomic mass is 16.4. The molecule has 16 nitrogen and oxygen atoms in total. The monoisotopic (exact) mass is 489 g/mol. The lowest BCUT2D eigenvalue weighted by molar-refractivity contribution is -0.145. The van der Waals surface area contributed by atoms with Crippen molar-refractivity contribution >= 4 is 41.4 Å². The first-order valence-corrected chi connectivity index (χ1v) is 10.1. The zero-order valence-corrected chi connectivity index (χ0v) is 18.5. The van der Waals surface area contributed by atoms with E-state index in [1.165, 1.54) is 0 Å². The van der Waals surface area contributed by atoms with E-state index in [0.717, 1.165) is 6.92 Å². The minimum absolute atomic E-state index is 0.314. The Kier molecular flexibility index (Phi) is 12.8. The molecule has 5 atom stereocenters. The quantitative estimate of drug-likeness (QED) is 0.0990. The lowest BCUT2D eigenvalue weighted by atomic mass is 10.1. The number of nitrogens with two attached hydrogens (primary N) is 4. The molecule has 0 aliphatic heterocycles. The third kappa shape index (κ3) is 11.7. The van der Waals surface area contributed by atoms with Crippen LogP contribution in [0.1, 0.15) is 39.0 Å². The first-order valence-electron chi connectivity index (χ1n) is 10.1. The van der Waals surface area contributed by atoms with E-state index in [1.54, 1.807) is 0 Å². The highest BCUT2D eigenvalue weighted by Gasteiger charge is 2.32. The fourth-order valence-corrected chi connectivity index (χ4v) is 2.61. The SMILES string of the molecule is CC(O)C(NC(=O)C(CCC(N)=O)NC(=O)C(CCC(N)=O)NC(=O)C(N)CC(N)=O)C(=O)O. The molecule has 0 rings (SSSR count). The van der Waals surface area contributed by atoms with Crippen molar-refractivity contribution in [1.29, 1.82) is 0 Å². The Bertz CT molecular complexity index is 803. The number of carboxylic acids is 1. The summed E-state index contributed by atoms with van der Waals surface area (Å²) < 4.78 is 0. The van der Waals surface area contributed by atoms with Crippen molar-refractivity contribution in [1.82, 2.24) is 16.0 Å². The molecule has 192 valence electrons. The molecule has 5 unspecified atom stereocenters. The lowest BCUT2D eigenvalue weighted by Crippen LogP contribution is -2.58. The predicted molar refractivity (Wildman–Crippen MR) is 114 cm³/mol. The van der Waals surface area contributed by atoms with Crippen LogP contribution >= 0.6 is 0 Å². The lowest BCUT2D eigenvalue weighted by Gasteiger charge is -2.25. The van der Waals surface area contributed by atoms with Crippen molar-refractivity contribution in [3.63, 3.8) is 0 Å². The normalized spacial score (nSPS) is 15.0. The maximum Gasteiger partial charge on any atom is 0.328 e. The van der Waals surface area contributed by atoms with Gasteiger partial charge in [0.25, 0.3) is 0 Å². The third-order valence-corrected chi connectivity index (χ3v) is 4.43. The van der Waals surface area contributed by atoms with Gasteiger partial charge in [-0.3, -0.25) is 28.8 Å². The average Bonchev–Trinajstić information content (AvgIpc) is 2.70. The second-order valence-electron chi connectivity index (χ2n) is 7.47. The number of carboxylic acid groups (broad SMARTS) is 1. The summed E-state index contributed by atoms with van der Waals surface area (Å²) in [5, 5.41) is 25.1. The second-order valence-corrected chi connectivity index (χ2v) is 7.47. The van der Waals surface area contributed by atoms with Crippen LogP contribution in [0.4, 0.5) is 0 Å². The number of rotatable bonds is 16. The summed E-state index contributed by atoms with van der Waals surface area (Å²) in [6.45, 7) is 1.11. The summed E-state index contributed by atoms with van der Waals surface area (Å²) in [5.41, 5.74) is 20.7. The van der Waals surface area contributed by atoms with Gasteiger partial charge in [0.15, 0.2) is 6.04 Å². The number of hydrogen-bond donors (Lipinski definition) is 9. The van der Waals surface area contributed by atoms with E-state index in [9.17, 15) is 38.7 Å². The molecule has 0 spiro atoms. The highest BCUT2D eigenvalue weighted by Crippen LogP contribution is 2.05. The van der Waals surface area contributed by atoms with Crippen molar-refractivity contribution in [2.45, 2.75) is 69.3 Å². The fraction of sp³-hybridized carbons (Fsp3) is 0.611. The minimum Gasteiger partial charge on any atom is -0.480 e. The molecule has 0 aliphatic carbocycles. The third-order valence-electron chi connectivity index (χ3n) is 4.43. The van der Waals surface area contributed by atoms with E-state index in [2.05, 4.69) is 10.6 Å². The molecule has 0 aromatic carbocycles. The van der Waals surface area contributed by atoms with Crippen LogP contribution in [-0.2, 0) is 33.6 Å². The number of aliphatic hydroxyl groups excluding tert-OH is 1. The van der Waals surface area contributed by atoms with E-state index in [0.29, 0.717) is 0 Å². The van der Waals surface area contributed by atoms with Crippen molar-refractivity contribution in [3.8, 4) is 0 Å². The first-order chi connectivity index (χ1) is 15.6. The number of aliphatic hydroxyl groups is 1. The Hall–Kier alpha value is -3.79. The van der Waals surface area contributed by atoms with Gasteiger partial charge in [0.1, 0.15) is 12.1 Å². The zero-order valence-electron chi connectivity index (χ0n) is 18.5. The van der Waals surface area contributed by atoms with Crippen molar-refractivity contribution in [2.24, 2.45) is 22.9 Å². The van der Waals surface area contributed by atoms with Crippen LogP contribution in [0.15, 0.2) is 0 Å². The molecule has 0 saturated heterocycles. The van der Waals surface area contributed by atoms with Crippen molar-refractivity contribution < 1.29 is 43.8 Å². The van der Waals surface area contributed by atoms with E-state index in [1.807, 2.05) is 5.32 Å². The zero-order chi connectivity index (χ0) is 26.6. The molecular formula is C18H31N7O9. The number of carbonyl (C=O) groups excluding carboxylic acids is 6. The Morgan fingerprint density at radius 3 is 1.50 bits per heavy atom. The van der Waals surface area contributed by atoms with Crippen LogP contribution in [0.5, 0.6) is 0 Å². The molecule has 0 aliphatic rings. The van der Waals surface area contributed by atoms with Crippen molar-refractivity contribution in [3.05, 3.63) is 0 Å². The largest absolute Gasteiger partial charge is 0.480 e. The Balaban J connectivity index is 5.64. The Morgan fingerprint density at radius 2 is 1.15 bits per heavy atom. The molecule has 0 saturated carbocycles. The number of carbonyl (C=O) groups is 7. The van der Waals surface area contributed by atoms with Gasteiger partial charge in [-0.2, -0.15) is 0 Å². The molecule has 0 radical (unpaired) electrons. The van der Waals surface area contributed by atoms with Crippen LogP contribution in [0.3, 0.4) is 0 Å². The smallest absolute Gasteiger partial charge is 0.328 e. The van der Waals surface area contributed by atoms with Gasteiger partial charge in [0.2, 0.25) is 35.4 Å². The van der Waals surface area contributed by atoms with Gasteiger partial charge >= 0.3 is 5.97 Å². The van der Waals surface area contributed by atoms with Crippen LogP contribution in [0.25, 0.3) is 0 Å². The predicted octanol–water partition coefficient (Wildman–Crippen LogP) is -5.36. The number of amides is 6. The molecule has 34 heavy (non-hydrogen) atoms. The standard InChI is InChI=1S/C18H31N7O9/c1-7(26)14(18(33)34)25-17(32)10(3-5-12(21)28)24-16(31)9(2-4-11(20)27)23-15(30)8(19)6-13(22)29/h7-10,14,26H,2-6,19H2,1H3,(H2,20,27)(H2,21,28)(H2,22,29)(H,23,30)(H,24,31)(H,25,32)(H,33,34). The summed E-state index contributed by atoms with van der Waals surface area (Å²) in [5.74, 6) is -7.09. The topological polar surface area (TPSA) is 300 Å². The maximum atomic E-state index is 12.8. The summed E-state index contributed by atoms with van der Waals surface area (Å²) in [4.78, 5) is 82.0. The molecule has 16 heteroatoms. The minimum atomic E-state index is -1.72. The Labute approximate surface area is 194 Å². The van der Waals surface area contributed by atoms with E-state index in [-0.39, 0.29) is 25.7 Å². The molecule has 0 bridgehead atoms. The van der Waals surface area contributed by atoms with Crippen LogP contribution in [-0.4, -0.2) is 81.9 Å². The van der Waals surface area contributed by atoms with E-state index < -0.39 is 78.1 Å². The number of hydrogen-bond acceptors (Lipinski definition) is 9. The average molecular weight is 489 g/mol. The molecule has 13 N–H and O–H groups in total. The van der Waals surface area contributed by atoms with Crippen LogP contribution in [0.2, 0.25) is 0 Å². The van der Waals surface area contributed by atoms with Crippen LogP contribution in [0, 0.1) is 0 Å². The molecule has 0 fully saturated rings. The maximum absolute atomic E-state index is 12.8. The van der Waals surface area contributed by atoms with Gasteiger partial charge in [-0.1, -0.05) is 0 Å². The van der Waals surface area contributed by atoms with Gasteiger partial charge in [0, 0.05) is 12.8 Å². The Morgan fingerprint density at radius 1 is 0.735 bits per heavy atom. The molecular weight excluding hydrogens is 458 g/mol. The van der Waals surface area contributed by atoms with Gasteiger partial charge in [-0.15, -0.1) is 0 Å². The molecule has 0 aromatic rings. The summed E-state index contributed by atoms with van der Waals surface area (Å²) in [7, 11) is 0. The van der Waals surface area contributed by atoms with Gasteiger partial charge in [-0.25, -0.2) is 4.79 Å². The van der Waals surface area contributed by atoms with E-state index >= 15 is 0 Å². The molecule has 0 aromatic heterocycles. The number of aliphatic carboxylic acids is 1. The molecule has 6 amide bonds. The summed E-state index contributed by atoms with van der Waals surface area (Å²) >= 11 is 0. The van der Waals surface area contributed by atoms with E-state index in [4.69, 9.17) is 28.0 Å². The van der Waals surface area contributed by atoms with Crippen LogP contribution < -0.4 is 38.9 Å². The first kappa shape index (κ1) is 30.2. The van der Waals surface area contributed by atoms with Gasteiger partial charge < -0.3 is 49.1 Å². The second kappa shape index (κ2) is 14.4.